The molecule has 0 spiro atoms. The minimum absolute atomic E-state index is 0.0475. The molecule has 4 aromatic rings. The van der Waals surface area contributed by atoms with E-state index in [0.717, 1.165) is 44.1 Å². The van der Waals surface area contributed by atoms with Gasteiger partial charge in [0.2, 0.25) is 0 Å². The Hall–Kier alpha value is -3.18. The van der Waals surface area contributed by atoms with Gasteiger partial charge < -0.3 is 37.2 Å². The fourth-order valence-electron chi connectivity index (χ4n) is 8.39. The topological polar surface area (TPSA) is 73.8 Å². The minimum atomic E-state index is -0.792. The van der Waals surface area contributed by atoms with E-state index in [1.165, 1.54) is 0 Å². The standard InChI is InChI=1S/C48H62B4O8/c1-32-41(2,3)54-49(53-32)37-24-16-33(17-25-37)48(34-18-26-38(27-19-34)50-55-42(4,5)43(6,7)56-50,35-20-28-39(29-21-35)51-57-44(8,9)45(10,11)58-51)36-22-30-40(31-23-36)52-59-46(12,13)47(14,15)60-52/h16-32H,1-15H3. The summed E-state index contributed by atoms with van der Waals surface area (Å²) in [5.41, 5.74) is 4.20. The molecule has 0 bridgehead atoms. The van der Waals surface area contributed by atoms with Gasteiger partial charge in [-0.1, -0.05) is 97.1 Å². The number of rotatable bonds is 8. The number of hydrogen-bond donors (Lipinski definition) is 0. The summed E-state index contributed by atoms with van der Waals surface area (Å²) in [4.78, 5) is 0. The monoisotopic (exact) mass is 810 g/mol. The lowest BCUT2D eigenvalue weighted by molar-refractivity contribution is 0.00578. The van der Waals surface area contributed by atoms with Gasteiger partial charge in [-0.2, -0.15) is 0 Å². The van der Waals surface area contributed by atoms with Crippen LogP contribution in [0.2, 0.25) is 0 Å². The van der Waals surface area contributed by atoms with Crippen LogP contribution in [0, 0.1) is 0 Å². The first-order valence-electron chi connectivity index (χ1n) is 21.6. The van der Waals surface area contributed by atoms with E-state index < -0.39 is 73.1 Å². The second-order valence-corrected chi connectivity index (χ2v) is 20.8. The van der Waals surface area contributed by atoms with Crippen molar-refractivity contribution in [2.75, 3.05) is 0 Å². The van der Waals surface area contributed by atoms with Gasteiger partial charge in [0.05, 0.1) is 50.7 Å². The molecule has 0 saturated carbocycles. The Labute approximate surface area is 360 Å². The Balaban J connectivity index is 1.28. The third kappa shape index (κ3) is 7.17. The van der Waals surface area contributed by atoms with Gasteiger partial charge in [0.15, 0.2) is 0 Å². The molecule has 4 heterocycles. The molecule has 0 N–H and O–H groups in total. The summed E-state index contributed by atoms with van der Waals surface area (Å²) < 4.78 is 51.7. The first kappa shape index (κ1) is 43.5. The highest BCUT2D eigenvalue weighted by atomic mass is 16.7. The number of benzene rings is 4. The average Bonchev–Trinajstić information content (AvgIpc) is 3.75. The van der Waals surface area contributed by atoms with Crippen molar-refractivity contribution in [1.29, 1.82) is 0 Å². The van der Waals surface area contributed by atoms with Gasteiger partial charge in [0.1, 0.15) is 0 Å². The van der Waals surface area contributed by atoms with Crippen molar-refractivity contribution in [2.24, 2.45) is 0 Å². The van der Waals surface area contributed by atoms with Crippen molar-refractivity contribution in [1.82, 2.24) is 0 Å². The van der Waals surface area contributed by atoms with Crippen LogP contribution >= 0.6 is 0 Å². The largest absolute Gasteiger partial charge is 0.494 e. The van der Waals surface area contributed by atoms with Crippen LogP contribution in [0.15, 0.2) is 97.1 Å². The predicted molar refractivity (Wildman–Crippen MR) is 243 cm³/mol. The molecule has 60 heavy (non-hydrogen) atoms. The molecule has 8 rings (SSSR count). The Morgan fingerprint density at radius 2 is 0.550 bits per heavy atom. The molecular weight excluding hydrogens is 748 g/mol. The zero-order chi connectivity index (χ0) is 43.5. The molecular formula is C48H62B4O8. The van der Waals surface area contributed by atoms with Crippen LogP contribution in [-0.2, 0) is 42.6 Å². The van der Waals surface area contributed by atoms with E-state index in [9.17, 15) is 0 Å². The maximum atomic E-state index is 6.50. The van der Waals surface area contributed by atoms with E-state index in [1.807, 2.05) is 0 Å². The quantitative estimate of drug-likeness (QED) is 0.141. The van der Waals surface area contributed by atoms with Crippen molar-refractivity contribution < 1.29 is 37.2 Å². The summed E-state index contributed by atoms with van der Waals surface area (Å²) in [5.74, 6) is 0. The van der Waals surface area contributed by atoms with E-state index in [2.05, 4.69) is 201 Å². The fraction of sp³-hybridized carbons (Fsp3) is 0.500. The van der Waals surface area contributed by atoms with Crippen LogP contribution in [0.1, 0.15) is 126 Å². The lowest BCUT2D eigenvalue weighted by atomic mass is 9.62. The molecule has 4 aromatic carbocycles. The predicted octanol–water partition coefficient (Wildman–Crippen LogP) is 6.88. The molecule has 0 amide bonds. The SMILES string of the molecule is CC1OB(c2ccc(C(c3ccc(B4OC(C)(C)C(C)(C)O4)cc3)(c3ccc(B4OC(C)(C)C(C)(C)O4)cc3)c3ccc(B4OC(C)(C)C(C)(C)O4)cc3)cc2)OC1(C)C. The van der Waals surface area contributed by atoms with Crippen LogP contribution < -0.4 is 21.9 Å². The molecule has 1 unspecified atom stereocenters. The highest BCUT2D eigenvalue weighted by molar-refractivity contribution is 6.63. The second kappa shape index (κ2) is 14.4. The third-order valence-corrected chi connectivity index (χ3v) is 14.9. The maximum absolute atomic E-state index is 6.50. The van der Waals surface area contributed by atoms with E-state index in [-0.39, 0.29) is 6.10 Å². The van der Waals surface area contributed by atoms with Crippen LogP contribution in [0.3, 0.4) is 0 Å². The molecule has 0 aromatic heterocycles. The fourth-order valence-corrected chi connectivity index (χ4v) is 8.39. The van der Waals surface area contributed by atoms with E-state index in [1.54, 1.807) is 0 Å². The van der Waals surface area contributed by atoms with Crippen LogP contribution in [0.5, 0.6) is 0 Å². The summed E-state index contributed by atoms with van der Waals surface area (Å²) >= 11 is 0. The van der Waals surface area contributed by atoms with Gasteiger partial charge in [-0.15, -0.1) is 0 Å². The van der Waals surface area contributed by atoms with E-state index in [4.69, 9.17) is 37.2 Å². The Kier molecular flexibility index (Phi) is 10.5. The molecule has 4 fully saturated rings. The van der Waals surface area contributed by atoms with Crippen molar-refractivity contribution in [3.8, 4) is 0 Å². The van der Waals surface area contributed by atoms with E-state index >= 15 is 0 Å². The maximum Gasteiger partial charge on any atom is 0.494 e. The highest BCUT2D eigenvalue weighted by Crippen LogP contribution is 2.46. The smallest absolute Gasteiger partial charge is 0.402 e. The van der Waals surface area contributed by atoms with Crippen molar-refractivity contribution in [3.05, 3.63) is 119 Å². The second-order valence-electron chi connectivity index (χ2n) is 20.8. The summed E-state index contributed by atoms with van der Waals surface area (Å²) in [5, 5.41) is 0. The summed E-state index contributed by atoms with van der Waals surface area (Å²) in [7, 11) is -1.94. The molecule has 0 radical (unpaired) electrons. The summed E-state index contributed by atoms with van der Waals surface area (Å²) in [6.07, 6.45) is -0.0475. The zero-order valence-electron chi connectivity index (χ0n) is 38.4. The number of hydrogen-bond acceptors (Lipinski definition) is 8. The van der Waals surface area contributed by atoms with Gasteiger partial charge in [-0.25, -0.2) is 0 Å². The lowest BCUT2D eigenvalue weighted by Crippen LogP contribution is -2.41. The lowest BCUT2D eigenvalue weighted by Gasteiger charge is -2.37. The molecule has 314 valence electrons. The first-order chi connectivity index (χ1) is 27.8. The molecule has 4 aliphatic rings. The van der Waals surface area contributed by atoms with Crippen molar-refractivity contribution in [3.63, 3.8) is 0 Å². The Morgan fingerprint density at radius 1 is 0.333 bits per heavy atom. The average molecular weight is 810 g/mol. The molecule has 8 nitrogen and oxygen atoms in total. The van der Waals surface area contributed by atoms with Crippen molar-refractivity contribution in [2.45, 2.75) is 155 Å². The normalized spacial score (nSPS) is 24.7. The molecule has 4 saturated heterocycles. The molecule has 1 atom stereocenters. The van der Waals surface area contributed by atoms with Gasteiger partial charge in [0, 0.05) is 0 Å². The van der Waals surface area contributed by atoms with Crippen LogP contribution in [0.25, 0.3) is 0 Å². The summed E-state index contributed by atoms with van der Waals surface area (Å²) in [6, 6.07) is 34.8. The van der Waals surface area contributed by atoms with E-state index in [0.29, 0.717) is 0 Å². The highest BCUT2D eigenvalue weighted by Gasteiger charge is 2.54. The van der Waals surface area contributed by atoms with Gasteiger partial charge in [-0.05, 0) is 148 Å². The minimum Gasteiger partial charge on any atom is -0.402 e. The van der Waals surface area contributed by atoms with Gasteiger partial charge in [0.25, 0.3) is 0 Å². The first-order valence-corrected chi connectivity index (χ1v) is 21.6. The molecule has 12 heteroatoms. The zero-order valence-corrected chi connectivity index (χ0v) is 38.4. The third-order valence-electron chi connectivity index (χ3n) is 14.9. The molecule has 0 aliphatic carbocycles. The van der Waals surface area contributed by atoms with Crippen LogP contribution in [0.4, 0.5) is 0 Å². The molecule has 4 aliphatic heterocycles. The van der Waals surface area contributed by atoms with Crippen molar-refractivity contribution >= 4 is 50.3 Å². The van der Waals surface area contributed by atoms with Crippen LogP contribution in [-0.4, -0.2) is 73.8 Å². The Morgan fingerprint density at radius 3 is 0.750 bits per heavy atom. The Bertz CT molecular complexity index is 1960. The summed E-state index contributed by atoms with van der Waals surface area (Å²) in [6.45, 7) is 31.2. The van der Waals surface area contributed by atoms with Gasteiger partial charge >= 0.3 is 28.5 Å². The van der Waals surface area contributed by atoms with Gasteiger partial charge in [-0.3, -0.25) is 0 Å².